The number of amides is 1. The average molecular weight is 296 g/mol. The molecule has 2 atom stereocenters. The first-order valence-corrected chi connectivity index (χ1v) is 7.44. The zero-order valence-corrected chi connectivity index (χ0v) is 12.8. The van der Waals surface area contributed by atoms with Crippen molar-refractivity contribution in [2.75, 3.05) is 26.2 Å². The summed E-state index contributed by atoms with van der Waals surface area (Å²) in [5, 5.41) is 7.03. The van der Waals surface area contributed by atoms with Crippen molar-refractivity contribution in [3.8, 4) is 0 Å². The molecule has 0 bridgehead atoms. The van der Waals surface area contributed by atoms with Crippen LogP contribution in [0.4, 0.5) is 0 Å². The summed E-state index contributed by atoms with van der Waals surface area (Å²) in [5.74, 6) is 0.0474. The van der Waals surface area contributed by atoms with E-state index in [4.69, 9.17) is 11.6 Å². The van der Waals surface area contributed by atoms with Gasteiger partial charge in [-0.15, -0.1) is 0 Å². The second-order valence-corrected chi connectivity index (χ2v) is 5.74. The molecule has 0 radical (unpaired) electrons. The van der Waals surface area contributed by atoms with Gasteiger partial charge in [-0.2, -0.15) is 0 Å². The molecular weight excluding hydrogens is 274 g/mol. The lowest BCUT2D eigenvalue weighted by Gasteiger charge is -2.33. The van der Waals surface area contributed by atoms with Gasteiger partial charge < -0.3 is 10.6 Å². The molecule has 5 heteroatoms. The van der Waals surface area contributed by atoms with Crippen molar-refractivity contribution in [3.63, 3.8) is 0 Å². The van der Waals surface area contributed by atoms with Crippen LogP contribution in [0.15, 0.2) is 24.3 Å². The molecule has 1 saturated heterocycles. The number of rotatable bonds is 4. The fourth-order valence-corrected chi connectivity index (χ4v) is 2.79. The third-order valence-corrected chi connectivity index (χ3v) is 4.08. The maximum absolute atomic E-state index is 12.1. The number of piperazine rings is 1. The monoisotopic (exact) mass is 295 g/mol. The maximum atomic E-state index is 12.1. The molecule has 0 spiro atoms. The molecule has 0 aliphatic carbocycles. The molecule has 2 unspecified atom stereocenters. The Morgan fingerprint density at radius 1 is 1.55 bits per heavy atom. The molecule has 2 N–H and O–H groups in total. The summed E-state index contributed by atoms with van der Waals surface area (Å²) in [6.07, 6.45) is 0. The SMILES string of the molecule is CC(NC(=O)CN1CCNCC1C)c1ccccc1Cl. The van der Waals surface area contributed by atoms with Crippen LogP contribution in [0, 0.1) is 0 Å². The highest BCUT2D eigenvalue weighted by atomic mass is 35.5. The summed E-state index contributed by atoms with van der Waals surface area (Å²) >= 11 is 6.15. The number of hydrogen-bond donors (Lipinski definition) is 2. The Hall–Kier alpha value is -1.10. The van der Waals surface area contributed by atoms with Gasteiger partial charge in [-0.25, -0.2) is 0 Å². The van der Waals surface area contributed by atoms with Gasteiger partial charge >= 0.3 is 0 Å². The van der Waals surface area contributed by atoms with E-state index in [-0.39, 0.29) is 11.9 Å². The number of hydrogen-bond acceptors (Lipinski definition) is 3. The standard InChI is InChI=1S/C15H22ClN3O/c1-11-9-17-7-8-19(11)10-15(20)18-12(2)13-5-3-4-6-14(13)16/h3-6,11-12,17H,7-10H2,1-2H3,(H,18,20). The lowest BCUT2D eigenvalue weighted by Crippen LogP contribution is -2.52. The van der Waals surface area contributed by atoms with Crippen LogP contribution in [-0.2, 0) is 4.79 Å². The highest BCUT2D eigenvalue weighted by Gasteiger charge is 2.21. The van der Waals surface area contributed by atoms with Crippen molar-refractivity contribution >= 4 is 17.5 Å². The molecule has 1 aromatic rings. The van der Waals surface area contributed by atoms with Crippen molar-refractivity contribution < 1.29 is 4.79 Å². The molecule has 1 aliphatic rings. The number of nitrogens with one attached hydrogen (secondary N) is 2. The fourth-order valence-electron chi connectivity index (χ4n) is 2.49. The molecule has 4 nitrogen and oxygen atoms in total. The summed E-state index contributed by atoms with van der Waals surface area (Å²) in [4.78, 5) is 14.3. The van der Waals surface area contributed by atoms with Gasteiger partial charge in [0.1, 0.15) is 0 Å². The fraction of sp³-hybridized carbons (Fsp3) is 0.533. The largest absolute Gasteiger partial charge is 0.348 e. The van der Waals surface area contributed by atoms with Crippen molar-refractivity contribution in [3.05, 3.63) is 34.9 Å². The molecule has 0 saturated carbocycles. The highest BCUT2D eigenvalue weighted by molar-refractivity contribution is 6.31. The maximum Gasteiger partial charge on any atom is 0.234 e. The van der Waals surface area contributed by atoms with Crippen LogP contribution in [0.1, 0.15) is 25.5 Å². The van der Waals surface area contributed by atoms with Crippen LogP contribution in [-0.4, -0.2) is 43.0 Å². The lowest BCUT2D eigenvalue weighted by atomic mass is 10.1. The number of benzene rings is 1. The number of nitrogens with zero attached hydrogens (tertiary/aromatic N) is 1. The van der Waals surface area contributed by atoms with Crippen molar-refractivity contribution in [2.45, 2.75) is 25.9 Å². The van der Waals surface area contributed by atoms with Gasteiger partial charge in [0.15, 0.2) is 0 Å². The van der Waals surface area contributed by atoms with Gasteiger partial charge in [0, 0.05) is 30.7 Å². The minimum atomic E-state index is -0.0746. The Morgan fingerprint density at radius 2 is 2.30 bits per heavy atom. The Bertz CT molecular complexity index is 466. The Labute approximate surface area is 125 Å². The van der Waals surface area contributed by atoms with Crippen molar-refractivity contribution in [1.82, 2.24) is 15.5 Å². The second kappa shape index (κ2) is 7.07. The van der Waals surface area contributed by atoms with E-state index in [0.717, 1.165) is 25.2 Å². The van der Waals surface area contributed by atoms with Gasteiger partial charge in [-0.1, -0.05) is 29.8 Å². The zero-order chi connectivity index (χ0) is 14.5. The summed E-state index contributed by atoms with van der Waals surface area (Å²) in [5.41, 5.74) is 0.955. The molecule has 1 aromatic carbocycles. The van der Waals surface area contributed by atoms with Crippen LogP contribution in [0.5, 0.6) is 0 Å². The van der Waals surface area contributed by atoms with E-state index in [1.54, 1.807) is 0 Å². The third-order valence-electron chi connectivity index (χ3n) is 3.73. The first-order chi connectivity index (χ1) is 9.58. The van der Waals surface area contributed by atoms with Crippen LogP contribution >= 0.6 is 11.6 Å². The predicted molar refractivity (Wildman–Crippen MR) is 81.9 cm³/mol. The predicted octanol–water partition coefficient (Wildman–Crippen LogP) is 1.81. The van der Waals surface area contributed by atoms with Crippen LogP contribution < -0.4 is 10.6 Å². The number of halogens is 1. The first kappa shape index (κ1) is 15.3. The molecule has 1 amide bonds. The van der Waals surface area contributed by atoms with Gasteiger partial charge in [0.2, 0.25) is 5.91 Å². The van der Waals surface area contributed by atoms with E-state index in [1.807, 2.05) is 31.2 Å². The topological polar surface area (TPSA) is 44.4 Å². The van der Waals surface area contributed by atoms with Crippen LogP contribution in [0.3, 0.4) is 0 Å². The summed E-state index contributed by atoms with van der Waals surface area (Å²) in [6.45, 7) is 7.33. The lowest BCUT2D eigenvalue weighted by molar-refractivity contribution is -0.123. The quantitative estimate of drug-likeness (QED) is 0.890. The summed E-state index contributed by atoms with van der Waals surface area (Å²) in [6, 6.07) is 7.93. The van der Waals surface area contributed by atoms with E-state index < -0.39 is 0 Å². The van der Waals surface area contributed by atoms with Crippen LogP contribution in [0.2, 0.25) is 5.02 Å². The van der Waals surface area contributed by atoms with Crippen molar-refractivity contribution in [1.29, 1.82) is 0 Å². The summed E-state index contributed by atoms with van der Waals surface area (Å²) in [7, 11) is 0. The van der Waals surface area contributed by atoms with E-state index in [0.29, 0.717) is 17.6 Å². The molecule has 1 aliphatic heterocycles. The summed E-state index contributed by atoms with van der Waals surface area (Å²) < 4.78 is 0. The molecule has 20 heavy (non-hydrogen) atoms. The van der Waals surface area contributed by atoms with Gasteiger partial charge in [-0.05, 0) is 25.5 Å². The van der Waals surface area contributed by atoms with Gasteiger partial charge in [-0.3, -0.25) is 9.69 Å². The van der Waals surface area contributed by atoms with Gasteiger partial charge in [0.25, 0.3) is 0 Å². The minimum absolute atomic E-state index is 0.0474. The molecule has 0 aromatic heterocycles. The number of carbonyl (C=O) groups is 1. The van der Waals surface area contributed by atoms with E-state index in [1.165, 1.54) is 0 Å². The molecular formula is C15H22ClN3O. The average Bonchev–Trinajstić information content (AvgIpc) is 2.41. The van der Waals surface area contributed by atoms with Crippen LogP contribution in [0.25, 0.3) is 0 Å². The minimum Gasteiger partial charge on any atom is -0.348 e. The highest BCUT2D eigenvalue weighted by Crippen LogP contribution is 2.22. The number of carbonyl (C=O) groups excluding carboxylic acids is 1. The molecule has 110 valence electrons. The second-order valence-electron chi connectivity index (χ2n) is 5.33. The van der Waals surface area contributed by atoms with E-state index in [2.05, 4.69) is 22.5 Å². The molecule has 2 rings (SSSR count). The molecule has 1 heterocycles. The van der Waals surface area contributed by atoms with Gasteiger partial charge in [0.05, 0.1) is 12.6 Å². The van der Waals surface area contributed by atoms with E-state index in [9.17, 15) is 4.79 Å². The van der Waals surface area contributed by atoms with Crippen molar-refractivity contribution in [2.24, 2.45) is 0 Å². The Kier molecular flexibility index (Phi) is 5.40. The Morgan fingerprint density at radius 3 is 3.00 bits per heavy atom. The first-order valence-electron chi connectivity index (χ1n) is 7.06. The third kappa shape index (κ3) is 3.95. The zero-order valence-electron chi connectivity index (χ0n) is 12.0. The smallest absolute Gasteiger partial charge is 0.234 e. The Balaban J connectivity index is 1.89. The van der Waals surface area contributed by atoms with E-state index >= 15 is 0 Å². The normalized spacial score (nSPS) is 21.4. The molecule has 1 fully saturated rings.